The van der Waals surface area contributed by atoms with Crippen LogP contribution in [0, 0.1) is 0 Å². The average Bonchev–Trinajstić information content (AvgIpc) is 2.60. The van der Waals surface area contributed by atoms with Crippen molar-refractivity contribution < 1.29 is 57.7 Å². The summed E-state index contributed by atoms with van der Waals surface area (Å²) in [5.41, 5.74) is 0.325. The topological polar surface area (TPSA) is 143 Å². The Balaban J connectivity index is 0.00000261. The molecule has 0 aliphatic heterocycles. The maximum Gasteiger partial charge on any atom is 1.00 e. The number of rotatable bonds is 4. The molecule has 0 spiro atoms. The Morgan fingerprint density at radius 3 is 2.07 bits per heavy atom. The van der Waals surface area contributed by atoms with Crippen molar-refractivity contribution in [1.29, 1.82) is 0 Å². The minimum absolute atomic E-state index is 0. The summed E-state index contributed by atoms with van der Waals surface area (Å²) in [6.07, 6.45) is 0. The van der Waals surface area contributed by atoms with E-state index in [2.05, 4.69) is 10.2 Å². The Labute approximate surface area is 177 Å². The number of hydrogen-bond acceptors (Lipinski definition) is 7. The predicted octanol–water partition coefficient (Wildman–Crippen LogP) is -1.74. The fourth-order valence-corrected chi connectivity index (χ4v) is 3.13. The fourth-order valence-electron chi connectivity index (χ4n) is 2.41. The molecule has 0 heterocycles. The van der Waals surface area contributed by atoms with Gasteiger partial charge in [-0.1, -0.05) is 42.1 Å². The standard InChI is InChI=1S/C16H13BN2O6S.Na/c20-16-13-4-2-1-3-12(13)15(26(23,24)25)9-14(16)19-18-11-7-5-10(6-8-11)17(21)22;/h1-9,20-22H,(H,23,24,25);/q;+1/p-1. The minimum Gasteiger partial charge on any atom is -0.871 e. The van der Waals surface area contributed by atoms with Gasteiger partial charge in [-0.15, -0.1) is 0 Å². The van der Waals surface area contributed by atoms with Crippen LogP contribution in [0.2, 0.25) is 0 Å². The third-order valence-electron chi connectivity index (χ3n) is 3.68. The van der Waals surface area contributed by atoms with Gasteiger partial charge in [0.2, 0.25) is 0 Å². The maximum absolute atomic E-state index is 12.5. The monoisotopic (exact) mass is 394 g/mol. The van der Waals surface area contributed by atoms with Crippen molar-refractivity contribution in [1.82, 2.24) is 0 Å². The first kappa shape index (κ1) is 21.5. The number of azo groups is 1. The van der Waals surface area contributed by atoms with Gasteiger partial charge < -0.3 is 15.2 Å². The molecule has 0 fully saturated rings. The van der Waals surface area contributed by atoms with Crippen molar-refractivity contribution in [3.05, 3.63) is 54.6 Å². The second kappa shape index (κ2) is 8.49. The normalized spacial score (nSPS) is 11.5. The molecule has 0 saturated heterocycles. The van der Waals surface area contributed by atoms with Gasteiger partial charge >= 0.3 is 36.7 Å². The largest absolute Gasteiger partial charge is 1.00 e. The smallest absolute Gasteiger partial charge is 0.871 e. The van der Waals surface area contributed by atoms with Crippen LogP contribution in [0.3, 0.4) is 0 Å². The van der Waals surface area contributed by atoms with Gasteiger partial charge in [0.05, 0.1) is 11.4 Å². The van der Waals surface area contributed by atoms with Gasteiger partial charge in [0.1, 0.15) is 4.90 Å². The maximum atomic E-state index is 12.5. The molecule has 0 radical (unpaired) electrons. The predicted molar refractivity (Wildman–Crippen MR) is 93.7 cm³/mol. The molecule has 0 unspecified atom stereocenters. The molecule has 27 heavy (non-hydrogen) atoms. The van der Waals surface area contributed by atoms with Crippen molar-refractivity contribution in [3.63, 3.8) is 0 Å². The van der Waals surface area contributed by atoms with E-state index in [4.69, 9.17) is 10.0 Å². The van der Waals surface area contributed by atoms with Gasteiger partial charge in [0.25, 0.3) is 10.1 Å². The van der Waals surface area contributed by atoms with Gasteiger partial charge in [-0.25, -0.2) is 0 Å². The van der Waals surface area contributed by atoms with E-state index >= 15 is 0 Å². The molecule has 11 heteroatoms. The van der Waals surface area contributed by atoms with E-state index in [0.717, 1.165) is 6.07 Å². The summed E-state index contributed by atoms with van der Waals surface area (Å²) in [6.45, 7) is 0. The molecule has 3 rings (SSSR count). The van der Waals surface area contributed by atoms with Crippen LogP contribution in [0.4, 0.5) is 11.4 Å². The molecule has 3 aromatic rings. The zero-order chi connectivity index (χ0) is 18.9. The number of hydrogen-bond donors (Lipinski definition) is 3. The molecule has 3 N–H and O–H groups in total. The van der Waals surface area contributed by atoms with Crippen LogP contribution >= 0.6 is 0 Å². The summed E-state index contributed by atoms with van der Waals surface area (Å²) in [5, 5.41) is 38.4. The molecular formula is C16H12BN2NaO6S. The third kappa shape index (κ3) is 4.74. The zero-order valence-corrected chi connectivity index (χ0v) is 17.0. The molecule has 0 atom stereocenters. The SMILES string of the molecule is O=S(=O)(O)c1cc(N=Nc2ccc(B(O)O)cc2)c([O-])c2ccccc12.[Na+]. The Hall–Kier alpha value is -1.79. The van der Waals surface area contributed by atoms with Gasteiger partial charge in [-0.2, -0.15) is 18.6 Å². The third-order valence-corrected chi connectivity index (χ3v) is 4.57. The number of nitrogens with zero attached hydrogens (tertiary/aromatic N) is 2. The minimum atomic E-state index is -4.56. The van der Waals surface area contributed by atoms with Crippen LogP contribution in [0.1, 0.15) is 0 Å². The van der Waals surface area contributed by atoms with Crippen molar-refractivity contribution >= 4 is 44.8 Å². The molecular weight excluding hydrogens is 382 g/mol. The molecule has 3 aromatic carbocycles. The first-order valence-corrected chi connectivity index (χ1v) is 8.79. The summed E-state index contributed by atoms with van der Waals surface area (Å²) in [7, 11) is -6.18. The van der Waals surface area contributed by atoms with E-state index in [1.807, 2.05) is 0 Å². The zero-order valence-electron chi connectivity index (χ0n) is 14.1. The summed E-state index contributed by atoms with van der Waals surface area (Å²) in [6, 6.07) is 12.7. The first-order valence-electron chi connectivity index (χ1n) is 7.35. The van der Waals surface area contributed by atoms with Crippen molar-refractivity contribution in [2.24, 2.45) is 10.2 Å². The van der Waals surface area contributed by atoms with Crippen LogP contribution in [0.5, 0.6) is 5.75 Å². The second-order valence-corrected chi connectivity index (χ2v) is 6.80. The Bertz CT molecular complexity index is 1100. The number of fused-ring (bicyclic) bond motifs is 1. The Kier molecular flexibility index (Phi) is 6.76. The van der Waals surface area contributed by atoms with Gasteiger partial charge in [-0.3, -0.25) is 4.55 Å². The van der Waals surface area contributed by atoms with E-state index in [1.165, 1.54) is 36.4 Å². The number of benzene rings is 3. The van der Waals surface area contributed by atoms with Crippen LogP contribution < -0.4 is 40.1 Å². The van der Waals surface area contributed by atoms with Crippen molar-refractivity contribution in [2.45, 2.75) is 4.90 Å². The Morgan fingerprint density at radius 1 is 0.926 bits per heavy atom. The van der Waals surface area contributed by atoms with Gasteiger partial charge in [-0.05, 0) is 29.0 Å². The molecule has 0 saturated carbocycles. The Morgan fingerprint density at radius 2 is 1.52 bits per heavy atom. The molecule has 8 nitrogen and oxygen atoms in total. The average molecular weight is 394 g/mol. The second-order valence-electron chi connectivity index (χ2n) is 5.41. The summed E-state index contributed by atoms with van der Waals surface area (Å²) < 4.78 is 32.7. The fraction of sp³-hybridized carbons (Fsp3) is 0. The van der Waals surface area contributed by atoms with Crippen molar-refractivity contribution in [2.75, 3.05) is 0 Å². The summed E-state index contributed by atoms with van der Waals surface area (Å²) in [5.74, 6) is -0.529. The summed E-state index contributed by atoms with van der Waals surface area (Å²) in [4.78, 5) is -0.430. The van der Waals surface area contributed by atoms with E-state index in [0.29, 0.717) is 5.69 Å². The quantitative estimate of drug-likeness (QED) is 0.272. The molecule has 0 aliphatic carbocycles. The van der Waals surface area contributed by atoms with E-state index in [9.17, 15) is 18.1 Å². The summed E-state index contributed by atoms with van der Waals surface area (Å²) >= 11 is 0. The first-order chi connectivity index (χ1) is 12.3. The molecule has 0 bridgehead atoms. The van der Waals surface area contributed by atoms with Gasteiger partial charge in [0, 0.05) is 5.39 Å². The van der Waals surface area contributed by atoms with Crippen LogP contribution in [-0.4, -0.2) is 30.1 Å². The van der Waals surface area contributed by atoms with E-state index < -0.39 is 27.9 Å². The van der Waals surface area contributed by atoms with Gasteiger partial charge in [0.15, 0.2) is 0 Å². The molecule has 0 aromatic heterocycles. The van der Waals surface area contributed by atoms with Crippen LogP contribution in [0.15, 0.2) is 69.7 Å². The van der Waals surface area contributed by atoms with Crippen LogP contribution in [-0.2, 0) is 10.1 Å². The van der Waals surface area contributed by atoms with Crippen LogP contribution in [0.25, 0.3) is 10.8 Å². The molecule has 0 aliphatic rings. The van der Waals surface area contributed by atoms with E-state index in [-0.39, 0.29) is 51.5 Å². The van der Waals surface area contributed by atoms with E-state index in [1.54, 1.807) is 12.1 Å². The van der Waals surface area contributed by atoms with Crippen molar-refractivity contribution in [3.8, 4) is 5.75 Å². The molecule has 0 amide bonds. The molecule has 132 valence electrons.